The summed E-state index contributed by atoms with van der Waals surface area (Å²) in [6.07, 6.45) is 1.84. The van der Waals surface area contributed by atoms with E-state index in [2.05, 4.69) is 19.1 Å². The van der Waals surface area contributed by atoms with Crippen molar-refractivity contribution in [3.63, 3.8) is 0 Å². The van der Waals surface area contributed by atoms with Crippen LogP contribution in [0.15, 0.2) is 89.8 Å². The summed E-state index contributed by atoms with van der Waals surface area (Å²) in [5, 5.41) is 2.05. The second-order valence-electron chi connectivity index (χ2n) is 8.20. The third-order valence-corrected chi connectivity index (χ3v) is 7.07. The van der Waals surface area contributed by atoms with Gasteiger partial charge in [-0.05, 0) is 47.7 Å². The molecule has 0 aliphatic carbocycles. The van der Waals surface area contributed by atoms with Gasteiger partial charge in [0.15, 0.2) is 15.8 Å². The average Bonchev–Trinajstić information content (AvgIpc) is 3.15. The number of aryl methyl sites for hydroxylation is 1. The van der Waals surface area contributed by atoms with Crippen LogP contribution >= 0.6 is 24.0 Å². The van der Waals surface area contributed by atoms with Crippen LogP contribution in [-0.2, 0) is 11.4 Å². The lowest BCUT2D eigenvalue weighted by atomic mass is 10.1. The first kappa shape index (κ1) is 23.1. The number of thioether (sulfide) groups is 1. The Kier molecular flexibility index (Phi) is 6.57. The molecule has 6 heteroatoms. The number of ether oxygens (including phenoxy) is 2. The molecule has 35 heavy (non-hydrogen) atoms. The largest absolute Gasteiger partial charge is 0.493 e. The normalized spacial score (nSPS) is 14.7. The zero-order valence-electron chi connectivity index (χ0n) is 19.4. The highest BCUT2D eigenvalue weighted by molar-refractivity contribution is 8.27. The SMILES string of the molecule is COc1cc(/C=C2/SC(=S)N(c3cccc4ccccc34)C2=O)ccc1OCc1cccc(C)c1. The quantitative estimate of drug-likeness (QED) is 0.209. The molecular formula is C29H23NO3S2. The Labute approximate surface area is 214 Å². The maximum absolute atomic E-state index is 13.4. The smallest absolute Gasteiger partial charge is 0.270 e. The lowest BCUT2D eigenvalue weighted by molar-refractivity contribution is -0.113. The molecule has 0 bridgehead atoms. The highest BCUT2D eigenvalue weighted by Crippen LogP contribution is 2.39. The number of benzene rings is 4. The Morgan fingerprint density at radius 2 is 1.74 bits per heavy atom. The molecule has 1 heterocycles. The van der Waals surface area contributed by atoms with E-state index in [1.807, 2.05) is 78.9 Å². The minimum atomic E-state index is -0.130. The number of rotatable bonds is 6. The summed E-state index contributed by atoms with van der Waals surface area (Å²) in [4.78, 5) is 15.5. The molecule has 174 valence electrons. The first-order valence-corrected chi connectivity index (χ1v) is 12.4. The number of fused-ring (bicyclic) bond motifs is 1. The number of hydrogen-bond acceptors (Lipinski definition) is 5. The average molecular weight is 498 g/mol. The molecule has 0 N–H and O–H groups in total. The van der Waals surface area contributed by atoms with E-state index in [9.17, 15) is 4.79 Å². The summed E-state index contributed by atoms with van der Waals surface area (Å²) in [5.41, 5.74) is 3.91. The van der Waals surface area contributed by atoms with Crippen molar-refractivity contribution < 1.29 is 14.3 Å². The van der Waals surface area contributed by atoms with E-state index in [-0.39, 0.29) is 5.91 Å². The predicted molar refractivity (Wildman–Crippen MR) is 148 cm³/mol. The van der Waals surface area contributed by atoms with Crippen LogP contribution in [0.1, 0.15) is 16.7 Å². The van der Waals surface area contributed by atoms with Crippen LogP contribution in [0, 0.1) is 6.92 Å². The van der Waals surface area contributed by atoms with Crippen LogP contribution in [0.3, 0.4) is 0 Å². The molecule has 1 fully saturated rings. The van der Waals surface area contributed by atoms with E-state index in [1.54, 1.807) is 12.0 Å². The molecule has 4 aromatic carbocycles. The standard InChI is InChI=1S/C29H23NO3S2/c1-19-7-5-8-21(15-19)18-33-25-14-13-20(16-26(25)32-2)17-27-28(31)30(29(34)35-27)24-12-6-10-22-9-3-4-11-23(22)24/h3-17H,18H2,1-2H3/b27-17+. The first-order chi connectivity index (χ1) is 17.0. The fourth-order valence-electron chi connectivity index (χ4n) is 4.09. The minimum absolute atomic E-state index is 0.130. The van der Waals surface area contributed by atoms with E-state index in [0.29, 0.717) is 27.3 Å². The summed E-state index contributed by atoms with van der Waals surface area (Å²) >= 11 is 6.90. The van der Waals surface area contributed by atoms with Crippen molar-refractivity contribution in [1.82, 2.24) is 0 Å². The summed E-state index contributed by atoms with van der Waals surface area (Å²) in [5.74, 6) is 1.13. The molecule has 0 aromatic heterocycles. The van der Waals surface area contributed by atoms with Gasteiger partial charge in [0.1, 0.15) is 6.61 Å². The molecule has 1 aliphatic heterocycles. The molecule has 5 rings (SSSR count). The van der Waals surface area contributed by atoms with Crippen LogP contribution in [0.25, 0.3) is 16.8 Å². The van der Waals surface area contributed by atoms with Gasteiger partial charge in [0.25, 0.3) is 5.91 Å². The lowest BCUT2D eigenvalue weighted by Crippen LogP contribution is -2.27. The van der Waals surface area contributed by atoms with Gasteiger partial charge in [-0.2, -0.15) is 0 Å². The second-order valence-corrected chi connectivity index (χ2v) is 9.88. The van der Waals surface area contributed by atoms with E-state index in [4.69, 9.17) is 21.7 Å². The first-order valence-electron chi connectivity index (χ1n) is 11.2. The fraction of sp³-hybridized carbons (Fsp3) is 0.103. The number of nitrogens with zero attached hydrogens (tertiary/aromatic N) is 1. The van der Waals surface area contributed by atoms with Crippen molar-refractivity contribution in [2.24, 2.45) is 0 Å². The summed E-state index contributed by atoms with van der Waals surface area (Å²) in [6, 6.07) is 27.7. The van der Waals surface area contributed by atoms with Crippen molar-refractivity contribution in [2.75, 3.05) is 12.0 Å². The van der Waals surface area contributed by atoms with Gasteiger partial charge in [0.05, 0.1) is 17.7 Å². The molecule has 4 aromatic rings. The number of hydrogen-bond donors (Lipinski definition) is 0. The zero-order chi connectivity index (χ0) is 24.4. The van der Waals surface area contributed by atoms with Gasteiger partial charge in [-0.3, -0.25) is 9.69 Å². The summed E-state index contributed by atoms with van der Waals surface area (Å²) < 4.78 is 12.1. The molecule has 0 spiro atoms. The van der Waals surface area contributed by atoms with Crippen LogP contribution in [-0.4, -0.2) is 17.3 Å². The van der Waals surface area contributed by atoms with Crippen molar-refractivity contribution >= 4 is 56.7 Å². The number of carbonyl (C=O) groups excluding carboxylic acids is 1. The molecule has 0 radical (unpaired) electrons. The Morgan fingerprint density at radius 3 is 2.57 bits per heavy atom. The van der Waals surface area contributed by atoms with Gasteiger partial charge in [0, 0.05) is 5.39 Å². The number of amides is 1. The monoisotopic (exact) mass is 497 g/mol. The molecule has 0 atom stereocenters. The molecule has 0 saturated carbocycles. The number of anilines is 1. The van der Waals surface area contributed by atoms with E-state index >= 15 is 0 Å². The van der Waals surface area contributed by atoms with Crippen LogP contribution < -0.4 is 14.4 Å². The van der Waals surface area contributed by atoms with E-state index < -0.39 is 0 Å². The highest BCUT2D eigenvalue weighted by atomic mass is 32.2. The third kappa shape index (κ3) is 4.81. The summed E-state index contributed by atoms with van der Waals surface area (Å²) in [7, 11) is 1.61. The van der Waals surface area contributed by atoms with Crippen molar-refractivity contribution in [2.45, 2.75) is 13.5 Å². The number of thiocarbonyl (C=S) groups is 1. The number of methoxy groups -OCH3 is 1. The Hall–Kier alpha value is -3.61. The Bertz CT molecular complexity index is 1470. The maximum Gasteiger partial charge on any atom is 0.270 e. The minimum Gasteiger partial charge on any atom is -0.493 e. The van der Waals surface area contributed by atoms with Crippen molar-refractivity contribution in [1.29, 1.82) is 0 Å². The maximum atomic E-state index is 13.4. The van der Waals surface area contributed by atoms with Gasteiger partial charge in [-0.15, -0.1) is 0 Å². The predicted octanol–water partition coefficient (Wildman–Crippen LogP) is 7.14. The van der Waals surface area contributed by atoms with Crippen LogP contribution in [0.4, 0.5) is 5.69 Å². The molecule has 0 unspecified atom stereocenters. The summed E-state index contributed by atoms with van der Waals surface area (Å²) in [6.45, 7) is 2.50. The second kappa shape index (κ2) is 9.94. The van der Waals surface area contributed by atoms with Gasteiger partial charge < -0.3 is 9.47 Å². The molecule has 1 amide bonds. The molecule has 4 nitrogen and oxygen atoms in total. The zero-order valence-corrected chi connectivity index (χ0v) is 21.0. The molecule has 1 aliphatic rings. The van der Waals surface area contributed by atoms with Gasteiger partial charge in [0.2, 0.25) is 0 Å². The fourth-order valence-corrected chi connectivity index (χ4v) is 5.37. The van der Waals surface area contributed by atoms with Crippen LogP contribution in [0.5, 0.6) is 11.5 Å². The van der Waals surface area contributed by atoms with Gasteiger partial charge in [-0.1, -0.05) is 96.3 Å². The van der Waals surface area contributed by atoms with Gasteiger partial charge >= 0.3 is 0 Å². The Morgan fingerprint density at radius 1 is 0.943 bits per heavy atom. The van der Waals surface area contributed by atoms with E-state index in [1.165, 1.54) is 17.3 Å². The van der Waals surface area contributed by atoms with E-state index in [0.717, 1.165) is 27.6 Å². The lowest BCUT2D eigenvalue weighted by Gasteiger charge is -2.17. The van der Waals surface area contributed by atoms with Gasteiger partial charge in [-0.25, -0.2) is 0 Å². The van der Waals surface area contributed by atoms with Crippen LogP contribution in [0.2, 0.25) is 0 Å². The molecule has 1 saturated heterocycles. The van der Waals surface area contributed by atoms with Crippen molar-refractivity contribution in [3.8, 4) is 11.5 Å². The highest BCUT2D eigenvalue weighted by Gasteiger charge is 2.34. The molecular weight excluding hydrogens is 474 g/mol. The number of carbonyl (C=O) groups is 1. The Balaban J connectivity index is 1.39. The van der Waals surface area contributed by atoms with Crippen molar-refractivity contribution in [3.05, 3.63) is 107 Å². The third-order valence-electron chi connectivity index (χ3n) is 5.76. The topological polar surface area (TPSA) is 38.8 Å².